The third-order valence-electron chi connectivity index (χ3n) is 1.82. The van der Waals surface area contributed by atoms with Gasteiger partial charge in [-0.3, -0.25) is 4.79 Å². The molecule has 70 valence electrons. The summed E-state index contributed by atoms with van der Waals surface area (Å²) < 4.78 is 24.5. The van der Waals surface area contributed by atoms with Gasteiger partial charge in [0.1, 0.15) is 6.10 Å². The maximum absolute atomic E-state index is 12.2. The van der Waals surface area contributed by atoms with Gasteiger partial charge in [-0.1, -0.05) is 0 Å². The van der Waals surface area contributed by atoms with Crippen molar-refractivity contribution in [2.24, 2.45) is 0 Å². The molecule has 0 radical (unpaired) electrons. The van der Waals surface area contributed by atoms with Crippen LogP contribution in [0.4, 0.5) is 8.78 Å². The van der Waals surface area contributed by atoms with E-state index in [1.165, 1.54) is 6.92 Å². The van der Waals surface area contributed by atoms with Crippen molar-refractivity contribution in [2.45, 2.75) is 37.8 Å². The second kappa shape index (κ2) is 2.97. The number of halogens is 2. The number of aliphatic hydroxyl groups excluding tert-OH is 1. The Morgan fingerprint density at radius 3 is 2.50 bits per heavy atom. The normalized spacial score (nSPS) is 24.3. The standard InChI is InChI=1S/C7H11F2NO2/c1-4(11)6(12)10-5-2-7(8,9)3-5/h4-5,11H,2-3H2,1H3,(H,10,12)/t4-/m1/s1. The van der Waals surface area contributed by atoms with Gasteiger partial charge in [-0.05, 0) is 6.92 Å². The molecule has 0 aliphatic heterocycles. The minimum absolute atomic E-state index is 0.314. The second-order valence-electron chi connectivity index (χ2n) is 3.15. The summed E-state index contributed by atoms with van der Waals surface area (Å²) in [7, 11) is 0. The zero-order valence-corrected chi connectivity index (χ0v) is 6.68. The fraction of sp³-hybridized carbons (Fsp3) is 0.857. The number of rotatable bonds is 2. The van der Waals surface area contributed by atoms with Gasteiger partial charge in [0.05, 0.1) is 0 Å². The number of amides is 1. The summed E-state index contributed by atoms with van der Waals surface area (Å²) >= 11 is 0. The first-order valence-corrected chi connectivity index (χ1v) is 3.77. The first kappa shape index (κ1) is 9.38. The van der Waals surface area contributed by atoms with Crippen LogP contribution in [0.15, 0.2) is 0 Å². The molecule has 0 aromatic carbocycles. The number of carbonyl (C=O) groups is 1. The number of nitrogens with one attached hydrogen (secondary N) is 1. The van der Waals surface area contributed by atoms with Gasteiger partial charge in [0, 0.05) is 18.9 Å². The number of carbonyl (C=O) groups excluding carboxylic acids is 1. The van der Waals surface area contributed by atoms with E-state index in [0.29, 0.717) is 0 Å². The maximum Gasteiger partial charge on any atom is 0.252 e. The predicted octanol–water partition coefficient (Wildman–Crippen LogP) is 0.281. The summed E-state index contributed by atoms with van der Waals surface area (Å²) in [5.41, 5.74) is 0. The Morgan fingerprint density at radius 1 is 1.67 bits per heavy atom. The molecule has 1 aliphatic rings. The van der Waals surface area contributed by atoms with E-state index in [2.05, 4.69) is 5.32 Å². The van der Waals surface area contributed by atoms with Crippen molar-refractivity contribution in [3.05, 3.63) is 0 Å². The predicted molar refractivity (Wildman–Crippen MR) is 37.8 cm³/mol. The van der Waals surface area contributed by atoms with Crippen molar-refractivity contribution in [3.8, 4) is 0 Å². The highest BCUT2D eigenvalue weighted by molar-refractivity contribution is 5.80. The van der Waals surface area contributed by atoms with Gasteiger partial charge in [0.25, 0.3) is 5.92 Å². The summed E-state index contributed by atoms with van der Waals surface area (Å²) in [6.07, 6.45) is -1.75. The molecule has 0 bridgehead atoms. The third kappa shape index (κ3) is 2.14. The topological polar surface area (TPSA) is 49.3 Å². The molecule has 0 spiro atoms. The molecule has 2 N–H and O–H groups in total. The summed E-state index contributed by atoms with van der Waals surface area (Å²) in [6.45, 7) is 1.30. The second-order valence-corrected chi connectivity index (χ2v) is 3.15. The van der Waals surface area contributed by atoms with Crippen molar-refractivity contribution in [2.75, 3.05) is 0 Å². The van der Waals surface area contributed by atoms with Crippen LogP contribution in [0.2, 0.25) is 0 Å². The zero-order chi connectivity index (χ0) is 9.35. The molecule has 1 aliphatic carbocycles. The van der Waals surface area contributed by atoms with E-state index in [9.17, 15) is 13.6 Å². The smallest absolute Gasteiger partial charge is 0.252 e. The summed E-state index contributed by atoms with van der Waals surface area (Å²) in [6, 6.07) is -0.470. The van der Waals surface area contributed by atoms with Gasteiger partial charge in [0.15, 0.2) is 0 Å². The SMILES string of the molecule is C[C@@H](O)C(=O)NC1CC(F)(F)C1. The number of hydrogen-bond acceptors (Lipinski definition) is 2. The van der Waals surface area contributed by atoms with E-state index in [-0.39, 0.29) is 12.8 Å². The van der Waals surface area contributed by atoms with Crippen LogP contribution in [0.1, 0.15) is 19.8 Å². The van der Waals surface area contributed by atoms with Crippen LogP contribution in [0.5, 0.6) is 0 Å². The first-order chi connectivity index (χ1) is 5.41. The molecule has 1 saturated carbocycles. The lowest BCUT2D eigenvalue weighted by Crippen LogP contribution is -2.52. The molecular formula is C7H11F2NO2. The first-order valence-electron chi connectivity index (χ1n) is 3.77. The van der Waals surface area contributed by atoms with Gasteiger partial charge < -0.3 is 10.4 Å². The molecule has 0 heterocycles. The van der Waals surface area contributed by atoms with Gasteiger partial charge in [-0.15, -0.1) is 0 Å². The lowest BCUT2D eigenvalue weighted by atomic mass is 9.88. The average molecular weight is 179 g/mol. The summed E-state index contributed by atoms with van der Waals surface area (Å²) in [4.78, 5) is 10.8. The molecule has 1 amide bonds. The van der Waals surface area contributed by atoms with E-state index < -0.39 is 24.0 Å². The molecule has 1 fully saturated rings. The van der Waals surface area contributed by atoms with E-state index in [0.717, 1.165) is 0 Å². The fourth-order valence-electron chi connectivity index (χ4n) is 1.09. The Morgan fingerprint density at radius 2 is 2.17 bits per heavy atom. The summed E-state index contributed by atoms with van der Waals surface area (Å²) in [5, 5.41) is 11.0. The van der Waals surface area contributed by atoms with Gasteiger partial charge in [0.2, 0.25) is 5.91 Å². The van der Waals surface area contributed by atoms with Gasteiger partial charge >= 0.3 is 0 Å². The van der Waals surface area contributed by atoms with Crippen LogP contribution in [0, 0.1) is 0 Å². The van der Waals surface area contributed by atoms with Crippen LogP contribution < -0.4 is 5.32 Å². The Hall–Kier alpha value is -0.710. The third-order valence-corrected chi connectivity index (χ3v) is 1.82. The summed E-state index contributed by atoms with van der Waals surface area (Å²) in [5.74, 6) is -3.22. The van der Waals surface area contributed by atoms with Crippen LogP contribution in [0.3, 0.4) is 0 Å². The monoisotopic (exact) mass is 179 g/mol. The lowest BCUT2D eigenvalue weighted by molar-refractivity contribution is -0.135. The fourth-order valence-corrected chi connectivity index (χ4v) is 1.09. The molecule has 0 saturated heterocycles. The van der Waals surface area contributed by atoms with E-state index >= 15 is 0 Å². The minimum atomic E-state index is -2.63. The van der Waals surface area contributed by atoms with E-state index in [4.69, 9.17) is 5.11 Å². The maximum atomic E-state index is 12.2. The number of aliphatic hydroxyl groups is 1. The Bertz CT molecular complexity index is 186. The van der Waals surface area contributed by atoms with Crippen molar-refractivity contribution in [1.29, 1.82) is 0 Å². The van der Waals surface area contributed by atoms with Crippen molar-refractivity contribution in [3.63, 3.8) is 0 Å². The molecule has 1 atom stereocenters. The molecular weight excluding hydrogens is 168 g/mol. The highest BCUT2D eigenvalue weighted by atomic mass is 19.3. The van der Waals surface area contributed by atoms with Crippen LogP contribution in [-0.2, 0) is 4.79 Å². The van der Waals surface area contributed by atoms with Gasteiger partial charge in [-0.2, -0.15) is 0 Å². The van der Waals surface area contributed by atoms with Gasteiger partial charge in [-0.25, -0.2) is 8.78 Å². The molecule has 1 rings (SSSR count). The zero-order valence-electron chi connectivity index (χ0n) is 6.68. The molecule has 5 heteroatoms. The molecule has 0 aromatic heterocycles. The Kier molecular flexibility index (Phi) is 2.32. The minimum Gasteiger partial charge on any atom is -0.384 e. The Labute approximate surface area is 68.8 Å². The van der Waals surface area contributed by atoms with Crippen molar-refractivity contribution < 1.29 is 18.7 Å². The van der Waals surface area contributed by atoms with Crippen molar-refractivity contribution >= 4 is 5.91 Å². The molecule has 0 aromatic rings. The highest BCUT2D eigenvalue weighted by Crippen LogP contribution is 2.37. The van der Waals surface area contributed by atoms with Crippen LogP contribution in [0.25, 0.3) is 0 Å². The Balaban J connectivity index is 2.23. The molecule has 3 nitrogen and oxygen atoms in total. The lowest BCUT2D eigenvalue weighted by Gasteiger charge is -2.35. The number of alkyl halides is 2. The molecule has 12 heavy (non-hydrogen) atoms. The highest BCUT2D eigenvalue weighted by Gasteiger charge is 2.46. The quantitative estimate of drug-likeness (QED) is 0.639. The number of hydrogen-bond donors (Lipinski definition) is 2. The van der Waals surface area contributed by atoms with Crippen LogP contribution >= 0.6 is 0 Å². The van der Waals surface area contributed by atoms with E-state index in [1.807, 2.05) is 0 Å². The average Bonchev–Trinajstić information content (AvgIpc) is 1.83. The van der Waals surface area contributed by atoms with Crippen molar-refractivity contribution in [1.82, 2.24) is 5.32 Å². The molecule has 0 unspecified atom stereocenters. The van der Waals surface area contributed by atoms with E-state index in [1.54, 1.807) is 0 Å². The van der Waals surface area contributed by atoms with Crippen LogP contribution in [-0.4, -0.2) is 29.1 Å². The largest absolute Gasteiger partial charge is 0.384 e.